The number of hydrogen-bond donors (Lipinski definition) is 1. The first-order valence-electron chi connectivity index (χ1n) is 7.24. The van der Waals surface area contributed by atoms with Gasteiger partial charge in [0.05, 0.1) is 0 Å². The molecule has 110 valence electrons. The van der Waals surface area contributed by atoms with Gasteiger partial charge < -0.3 is 5.32 Å². The summed E-state index contributed by atoms with van der Waals surface area (Å²) in [7, 11) is 0. The number of carbonyl (C=O) groups is 1. The Bertz CT molecular complexity index is 799. The Morgan fingerprint density at radius 1 is 0.955 bits per heavy atom. The van der Waals surface area contributed by atoms with E-state index in [0.29, 0.717) is 12.1 Å². The van der Waals surface area contributed by atoms with Gasteiger partial charge in [-0.1, -0.05) is 54.1 Å². The third-order valence-electron chi connectivity index (χ3n) is 3.65. The monoisotopic (exact) mass is 309 g/mol. The molecule has 0 saturated carbocycles. The lowest BCUT2D eigenvalue weighted by molar-refractivity contribution is 0.0954. The Kier molecular flexibility index (Phi) is 4.40. The first-order valence-corrected chi connectivity index (χ1v) is 7.62. The molecule has 0 unspecified atom stereocenters. The van der Waals surface area contributed by atoms with Crippen molar-refractivity contribution in [2.24, 2.45) is 0 Å². The summed E-state index contributed by atoms with van der Waals surface area (Å²) < 4.78 is 0. The van der Waals surface area contributed by atoms with E-state index in [1.54, 1.807) is 0 Å². The van der Waals surface area contributed by atoms with Crippen LogP contribution in [0.5, 0.6) is 0 Å². The fraction of sp³-hybridized carbons (Fsp3) is 0.105. The second kappa shape index (κ2) is 6.63. The van der Waals surface area contributed by atoms with Crippen molar-refractivity contribution in [1.82, 2.24) is 5.32 Å². The molecule has 0 aromatic heterocycles. The average molecular weight is 310 g/mol. The number of benzene rings is 3. The molecule has 2 nitrogen and oxygen atoms in total. The maximum atomic E-state index is 12.0. The highest BCUT2D eigenvalue weighted by Gasteiger charge is 2.05. The van der Waals surface area contributed by atoms with Gasteiger partial charge in [0.15, 0.2) is 0 Å². The van der Waals surface area contributed by atoms with Crippen molar-refractivity contribution < 1.29 is 4.79 Å². The minimum Gasteiger partial charge on any atom is -0.352 e. The van der Waals surface area contributed by atoms with Crippen LogP contribution < -0.4 is 5.32 Å². The minimum atomic E-state index is -0.0427. The molecule has 0 aliphatic carbocycles. The summed E-state index contributed by atoms with van der Waals surface area (Å²) >= 11 is 6.09. The summed E-state index contributed by atoms with van der Waals surface area (Å²) in [4.78, 5) is 12.0. The summed E-state index contributed by atoms with van der Waals surface area (Å²) in [6.07, 6.45) is 0.774. The number of fused-ring (bicyclic) bond motifs is 1. The largest absolute Gasteiger partial charge is 0.352 e. The molecule has 3 rings (SSSR count). The SMILES string of the molecule is O=C(NCCc1cccc2ccc(Cl)cc12)c1ccccc1. The van der Waals surface area contributed by atoms with Crippen LogP contribution in [-0.4, -0.2) is 12.5 Å². The molecule has 1 N–H and O–H groups in total. The van der Waals surface area contributed by atoms with Gasteiger partial charge in [-0.3, -0.25) is 4.79 Å². The molecular weight excluding hydrogens is 294 g/mol. The number of amides is 1. The molecule has 3 aromatic rings. The van der Waals surface area contributed by atoms with Gasteiger partial charge in [0, 0.05) is 17.1 Å². The fourth-order valence-electron chi connectivity index (χ4n) is 2.53. The van der Waals surface area contributed by atoms with Gasteiger partial charge in [-0.25, -0.2) is 0 Å². The van der Waals surface area contributed by atoms with Crippen molar-refractivity contribution in [1.29, 1.82) is 0 Å². The van der Waals surface area contributed by atoms with E-state index >= 15 is 0 Å². The lowest BCUT2D eigenvalue weighted by Crippen LogP contribution is -2.25. The number of rotatable bonds is 4. The number of nitrogens with one attached hydrogen (secondary N) is 1. The van der Waals surface area contributed by atoms with Crippen molar-refractivity contribution in [3.63, 3.8) is 0 Å². The topological polar surface area (TPSA) is 29.1 Å². The standard InChI is InChI=1S/C19H16ClNO/c20-17-10-9-14-7-4-8-15(18(14)13-17)11-12-21-19(22)16-5-2-1-3-6-16/h1-10,13H,11-12H2,(H,21,22). The summed E-state index contributed by atoms with van der Waals surface area (Å²) in [6, 6.07) is 21.3. The molecule has 1 amide bonds. The normalized spacial score (nSPS) is 10.6. The fourth-order valence-corrected chi connectivity index (χ4v) is 2.70. The second-order valence-electron chi connectivity index (χ2n) is 5.15. The van der Waals surface area contributed by atoms with E-state index in [9.17, 15) is 4.79 Å². The Hall–Kier alpha value is -2.32. The van der Waals surface area contributed by atoms with E-state index in [2.05, 4.69) is 17.4 Å². The molecule has 3 aromatic carbocycles. The molecule has 0 atom stereocenters. The molecule has 0 spiro atoms. The van der Waals surface area contributed by atoms with Gasteiger partial charge in [0.2, 0.25) is 0 Å². The van der Waals surface area contributed by atoms with Crippen LogP contribution in [0.2, 0.25) is 5.02 Å². The van der Waals surface area contributed by atoms with Gasteiger partial charge in [-0.15, -0.1) is 0 Å². The van der Waals surface area contributed by atoms with Crippen molar-refractivity contribution in [2.45, 2.75) is 6.42 Å². The molecule has 0 saturated heterocycles. The van der Waals surface area contributed by atoms with E-state index in [1.807, 2.05) is 54.6 Å². The van der Waals surface area contributed by atoms with Gasteiger partial charge >= 0.3 is 0 Å². The summed E-state index contributed by atoms with van der Waals surface area (Å²) in [5, 5.41) is 5.99. The lowest BCUT2D eigenvalue weighted by Gasteiger charge is -2.08. The highest BCUT2D eigenvalue weighted by Crippen LogP contribution is 2.23. The van der Waals surface area contributed by atoms with Gasteiger partial charge in [0.25, 0.3) is 5.91 Å². The van der Waals surface area contributed by atoms with E-state index in [1.165, 1.54) is 5.56 Å². The van der Waals surface area contributed by atoms with Crippen molar-refractivity contribution >= 4 is 28.3 Å². The molecule has 0 fully saturated rings. The van der Waals surface area contributed by atoms with Crippen LogP contribution in [0, 0.1) is 0 Å². The minimum absolute atomic E-state index is 0.0427. The molecule has 22 heavy (non-hydrogen) atoms. The highest BCUT2D eigenvalue weighted by molar-refractivity contribution is 6.31. The molecular formula is C19H16ClNO. The van der Waals surface area contributed by atoms with Gasteiger partial charge in [-0.05, 0) is 47.0 Å². The van der Waals surface area contributed by atoms with Crippen LogP contribution in [0.1, 0.15) is 15.9 Å². The van der Waals surface area contributed by atoms with Gasteiger partial charge in [0.1, 0.15) is 0 Å². The van der Waals surface area contributed by atoms with Crippen molar-refractivity contribution in [3.05, 3.63) is 82.9 Å². The Morgan fingerprint density at radius 3 is 2.59 bits per heavy atom. The van der Waals surface area contributed by atoms with E-state index < -0.39 is 0 Å². The Morgan fingerprint density at radius 2 is 1.77 bits per heavy atom. The third-order valence-corrected chi connectivity index (χ3v) is 3.89. The third kappa shape index (κ3) is 3.29. The number of hydrogen-bond acceptors (Lipinski definition) is 1. The summed E-state index contributed by atoms with van der Waals surface area (Å²) in [5.74, 6) is -0.0427. The van der Waals surface area contributed by atoms with Crippen LogP contribution in [0.4, 0.5) is 0 Å². The first kappa shape index (κ1) is 14.6. The van der Waals surface area contributed by atoms with Crippen molar-refractivity contribution in [2.75, 3.05) is 6.54 Å². The smallest absolute Gasteiger partial charge is 0.251 e. The summed E-state index contributed by atoms with van der Waals surface area (Å²) in [6.45, 7) is 0.597. The molecule has 0 aliphatic heterocycles. The molecule has 0 radical (unpaired) electrons. The van der Waals surface area contributed by atoms with Crippen LogP contribution in [0.3, 0.4) is 0 Å². The maximum Gasteiger partial charge on any atom is 0.251 e. The summed E-state index contributed by atoms with van der Waals surface area (Å²) in [5.41, 5.74) is 1.87. The molecule has 0 aliphatic rings. The first-order chi connectivity index (χ1) is 10.7. The van der Waals surface area contributed by atoms with E-state index in [0.717, 1.165) is 22.2 Å². The molecule has 0 bridgehead atoms. The zero-order valence-corrected chi connectivity index (χ0v) is 12.8. The second-order valence-corrected chi connectivity index (χ2v) is 5.59. The molecule has 0 heterocycles. The van der Waals surface area contributed by atoms with Crippen LogP contribution in [-0.2, 0) is 6.42 Å². The lowest BCUT2D eigenvalue weighted by atomic mass is 10.0. The van der Waals surface area contributed by atoms with Crippen LogP contribution in [0.15, 0.2) is 66.7 Å². The predicted octanol–water partition coefficient (Wildman–Crippen LogP) is 4.47. The zero-order chi connectivity index (χ0) is 15.4. The number of halogens is 1. The Labute approximate surface area is 134 Å². The quantitative estimate of drug-likeness (QED) is 0.757. The highest BCUT2D eigenvalue weighted by atomic mass is 35.5. The maximum absolute atomic E-state index is 12.0. The zero-order valence-electron chi connectivity index (χ0n) is 12.1. The Balaban J connectivity index is 1.69. The van der Waals surface area contributed by atoms with Crippen LogP contribution in [0.25, 0.3) is 10.8 Å². The number of carbonyl (C=O) groups excluding carboxylic acids is 1. The van der Waals surface area contributed by atoms with E-state index in [-0.39, 0.29) is 5.91 Å². The van der Waals surface area contributed by atoms with Crippen molar-refractivity contribution in [3.8, 4) is 0 Å². The van der Waals surface area contributed by atoms with Gasteiger partial charge in [-0.2, -0.15) is 0 Å². The molecule has 3 heteroatoms. The average Bonchev–Trinajstić information content (AvgIpc) is 2.56. The van der Waals surface area contributed by atoms with Crippen LogP contribution >= 0.6 is 11.6 Å². The van der Waals surface area contributed by atoms with E-state index in [4.69, 9.17) is 11.6 Å². The predicted molar refractivity (Wildman–Crippen MR) is 91.4 cm³/mol.